The van der Waals surface area contributed by atoms with Crippen molar-refractivity contribution in [3.63, 3.8) is 0 Å². The zero-order valence-corrected chi connectivity index (χ0v) is 11.4. The standard InChI is InChI=1S/C12H23N3O2/c1-8(2)15-11(16)6-10(12(15)17)13-9(3)7-14(4)5/h8-10,13H,6-7H2,1-5H3. The van der Waals surface area contributed by atoms with Gasteiger partial charge in [0.1, 0.15) is 0 Å². The van der Waals surface area contributed by atoms with E-state index >= 15 is 0 Å². The third kappa shape index (κ3) is 3.51. The van der Waals surface area contributed by atoms with Crippen molar-refractivity contribution < 1.29 is 9.59 Å². The molecule has 1 aliphatic rings. The number of amides is 2. The van der Waals surface area contributed by atoms with Crippen LogP contribution < -0.4 is 5.32 Å². The van der Waals surface area contributed by atoms with Crippen LogP contribution >= 0.6 is 0 Å². The van der Waals surface area contributed by atoms with Gasteiger partial charge in [-0.25, -0.2) is 0 Å². The Morgan fingerprint density at radius 3 is 2.35 bits per heavy atom. The first kappa shape index (κ1) is 14.1. The Balaban J connectivity index is 2.57. The first-order valence-corrected chi connectivity index (χ1v) is 6.09. The molecule has 0 spiro atoms. The van der Waals surface area contributed by atoms with Crippen LogP contribution in [0.25, 0.3) is 0 Å². The van der Waals surface area contributed by atoms with Gasteiger partial charge in [0.05, 0.1) is 12.5 Å². The molecular weight excluding hydrogens is 218 g/mol. The molecule has 1 rings (SSSR count). The summed E-state index contributed by atoms with van der Waals surface area (Å²) in [5.74, 6) is -0.157. The molecule has 1 fully saturated rings. The Kier molecular flexibility index (Phi) is 4.65. The maximum Gasteiger partial charge on any atom is 0.247 e. The fourth-order valence-corrected chi connectivity index (χ4v) is 2.27. The highest BCUT2D eigenvalue weighted by molar-refractivity contribution is 6.05. The minimum absolute atomic E-state index is 0.0500. The predicted octanol–water partition coefficient (Wildman–Crippen LogP) is 0.0620. The van der Waals surface area contributed by atoms with Crippen molar-refractivity contribution >= 4 is 11.8 Å². The van der Waals surface area contributed by atoms with Crippen molar-refractivity contribution in [2.75, 3.05) is 20.6 Å². The molecule has 1 N–H and O–H groups in total. The maximum absolute atomic E-state index is 12.0. The van der Waals surface area contributed by atoms with Crippen LogP contribution in [0.4, 0.5) is 0 Å². The molecule has 2 unspecified atom stereocenters. The van der Waals surface area contributed by atoms with Gasteiger partial charge in [-0.3, -0.25) is 14.5 Å². The van der Waals surface area contributed by atoms with E-state index < -0.39 is 0 Å². The van der Waals surface area contributed by atoms with Crippen molar-refractivity contribution in [3.8, 4) is 0 Å². The van der Waals surface area contributed by atoms with E-state index in [2.05, 4.69) is 10.2 Å². The lowest BCUT2D eigenvalue weighted by Crippen LogP contribution is -2.47. The van der Waals surface area contributed by atoms with Crippen LogP contribution in [0, 0.1) is 0 Å². The largest absolute Gasteiger partial charge is 0.308 e. The molecule has 0 aromatic rings. The smallest absolute Gasteiger partial charge is 0.247 e. The second-order valence-electron chi connectivity index (χ2n) is 5.28. The van der Waals surface area contributed by atoms with Gasteiger partial charge in [-0.1, -0.05) is 0 Å². The second kappa shape index (κ2) is 5.60. The second-order valence-corrected chi connectivity index (χ2v) is 5.28. The van der Waals surface area contributed by atoms with E-state index in [1.807, 2.05) is 34.9 Å². The van der Waals surface area contributed by atoms with Gasteiger partial charge in [-0.05, 0) is 34.9 Å². The molecule has 0 bridgehead atoms. The number of rotatable bonds is 5. The minimum atomic E-state index is -0.347. The molecule has 5 heteroatoms. The van der Waals surface area contributed by atoms with Gasteiger partial charge in [-0.15, -0.1) is 0 Å². The third-order valence-electron chi connectivity index (χ3n) is 2.82. The number of nitrogens with one attached hydrogen (secondary N) is 1. The van der Waals surface area contributed by atoms with Crippen molar-refractivity contribution in [2.45, 2.75) is 45.3 Å². The number of likely N-dealkylation sites (N-methyl/N-ethyl adjacent to an activating group) is 1. The number of imide groups is 1. The van der Waals surface area contributed by atoms with E-state index in [4.69, 9.17) is 0 Å². The van der Waals surface area contributed by atoms with Crippen LogP contribution in [0.15, 0.2) is 0 Å². The molecule has 17 heavy (non-hydrogen) atoms. The van der Waals surface area contributed by atoms with Gasteiger partial charge in [-0.2, -0.15) is 0 Å². The molecule has 0 aromatic carbocycles. The molecule has 1 heterocycles. The van der Waals surface area contributed by atoms with Crippen LogP contribution in [0.5, 0.6) is 0 Å². The molecule has 98 valence electrons. The average molecular weight is 241 g/mol. The van der Waals surface area contributed by atoms with Crippen LogP contribution in [-0.2, 0) is 9.59 Å². The molecule has 0 saturated carbocycles. The van der Waals surface area contributed by atoms with E-state index in [0.717, 1.165) is 6.54 Å². The molecule has 1 saturated heterocycles. The number of hydrogen-bond donors (Lipinski definition) is 1. The van der Waals surface area contributed by atoms with Crippen molar-refractivity contribution in [1.82, 2.24) is 15.1 Å². The quantitative estimate of drug-likeness (QED) is 0.692. The van der Waals surface area contributed by atoms with E-state index in [9.17, 15) is 9.59 Å². The molecule has 2 atom stereocenters. The zero-order chi connectivity index (χ0) is 13.2. The number of nitrogens with zero attached hydrogens (tertiary/aromatic N) is 2. The van der Waals surface area contributed by atoms with Gasteiger partial charge < -0.3 is 10.2 Å². The van der Waals surface area contributed by atoms with Gasteiger partial charge >= 0.3 is 0 Å². The lowest BCUT2D eigenvalue weighted by atomic mass is 10.2. The highest BCUT2D eigenvalue weighted by Gasteiger charge is 2.40. The molecular formula is C12H23N3O2. The first-order valence-electron chi connectivity index (χ1n) is 6.09. The fraction of sp³-hybridized carbons (Fsp3) is 0.833. The summed E-state index contributed by atoms with van der Waals surface area (Å²) in [5, 5.41) is 3.22. The fourth-order valence-electron chi connectivity index (χ4n) is 2.27. The van der Waals surface area contributed by atoms with Crippen LogP contribution in [0.2, 0.25) is 0 Å². The van der Waals surface area contributed by atoms with Gasteiger partial charge in [0.25, 0.3) is 0 Å². The zero-order valence-electron chi connectivity index (χ0n) is 11.4. The summed E-state index contributed by atoms with van der Waals surface area (Å²) in [5.41, 5.74) is 0. The molecule has 5 nitrogen and oxygen atoms in total. The third-order valence-corrected chi connectivity index (χ3v) is 2.82. The highest BCUT2D eigenvalue weighted by atomic mass is 16.2. The van der Waals surface area contributed by atoms with Crippen LogP contribution in [0.1, 0.15) is 27.2 Å². The summed E-state index contributed by atoms with van der Waals surface area (Å²) in [6.45, 7) is 6.60. The Morgan fingerprint density at radius 2 is 1.94 bits per heavy atom. The SMILES string of the molecule is CC(CN(C)C)NC1CC(=O)N(C(C)C)C1=O. The molecule has 2 amide bonds. The van der Waals surface area contributed by atoms with Crippen molar-refractivity contribution in [1.29, 1.82) is 0 Å². The predicted molar refractivity (Wildman–Crippen MR) is 66.5 cm³/mol. The van der Waals surface area contributed by atoms with Crippen molar-refractivity contribution in [2.24, 2.45) is 0 Å². The summed E-state index contributed by atoms with van der Waals surface area (Å²) in [6.07, 6.45) is 0.286. The Labute approximate surface area is 103 Å². The van der Waals surface area contributed by atoms with E-state index in [0.29, 0.717) is 0 Å². The molecule has 0 aliphatic carbocycles. The molecule has 0 radical (unpaired) electrons. The summed E-state index contributed by atoms with van der Waals surface area (Å²) in [4.78, 5) is 27.1. The van der Waals surface area contributed by atoms with E-state index in [1.54, 1.807) is 0 Å². The number of likely N-dealkylation sites (tertiary alicyclic amines) is 1. The number of carbonyl (C=O) groups excluding carboxylic acids is 2. The molecule has 0 aromatic heterocycles. The average Bonchev–Trinajstić information content (AvgIpc) is 2.39. The Morgan fingerprint density at radius 1 is 1.35 bits per heavy atom. The van der Waals surface area contributed by atoms with Gasteiger partial charge in [0.15, 0.2) is 0 Å². The number of carbonyl (C=O) groups is 2. The van der Waals surface area contributed by atoms with Crippen molar-refractivity contribution in [3.05, 3.63) is 0 Å². The Bertz CT molecular complexity index is 302. The normalized spacial score (nSPS) is 23.0. The summed E-state index contributed by atoms with van der Waals surface area (Å²) < 4.78 is 0. The first-order chi connectivity index (χ1) is 7.82. The van der Waals surface area contributed by atoms with E-state index in [-0.39, 0.29) is 36.4 Å². The topological polar surface area (TPSA) is 52.7 Å². The highest BCUT2D eigenvalue weighted by Crippen LogP contribution is 2.16. The minimum Gasteiger partial charge on any atom is -0.308 e. The monoisotopic (exact) mass is 241 g/mol. The lowest BCUT2D eigenvalue weighted by Gasteiger charge is -2.22. The van der Waals surface area contributed by atoms with Gasteiger partial charge in [0.2, 0.25) is 11.8 Å². The Hall–Kier alpha value is -0.940. The summed E-state index contributed by atoms with van der Waals surface area (Å²) in [6, 6.07) is -0.204. The molecule has 1 aliphatic heterocycles. The lowest BCUT2D eigenvalue weighted by molar-refractivity contribution is -0.140. The van der Waals surface area contributed by atoms with E-state index in [1.165, 1.54) is 4.90 Å². The van der Waals surface area contributed by atoms with Gasteiger partial charge in [0, 0.05) is 18.6 Å². The van der Waals surface area contributed by atoms with Crippen LogP contribution in [-0.4, -0.2) is 60.4 Å². The summed E-state index contributed by atoms with van der Waals surface area (Å²) >= 11 is 0. The summed E-state index contributed by atoms with van der Waals surface area (Å²) in [7, 11) is 3.97. The number of hydrogen-bond acceptors (Lipinski definition) is 4. The maximum atomic E-state index is 12.0. The van der Waals surface area contributed by atoms with Crippen LogP contribution in [0.3, 0.4) is 0 Å².